The lowest BCUT2D eigenvalue weighted by Crippen LogP contribution is -2.24. The molecule has 4 rings (SSSR count). The molecule has 0 aliphatic heterocycles. The van der Waals surface area contributed by atoms with E-state index in [2.05, 4.69) is 4.98 Å². The lowest BCUT2D eigenvalue weighted by Gasteiger charge is -2.14. The van der Waals surface area contributed by atoms with Crippen LogP contribution in [0.15, 0.2) is 77.8 Å². The van der Waals surface area contributed by atoms with Crippen molar-refractivity contribution in [1.29, 1.82) is 0 Å². The van der Waals surface area contributed by atoms with Crippen LogP contribution in [0.2, 0.25) is 0 Å². The Labute approximate surface area is 202 Å². The van der Waals surface area contributed by atoms with Gasteiger partial charge in [-0.05, 0) is 36.9 Å². The highest BCUT2D eigenvalue weighted by Crippen LogP contribution is 2.32. The van der Waals surface area contributed by atoms with Crippen molar-refractivity contribution in [1.82, 2.24) is 9.88 Å². The van der Waals surface area contributed by atoms with Crippen LogP contribution in [0.5, 0.6) is 5.88 Å². The monoisotopic (exact) mass is 471 g/mol. The molecule has 0 atom stereocenters. The van der Waals surface area contributed by atoms with Crippen molar-refractivity contribution in [2.75, 3.05) is 20.7 Å². The Morgan fingerprint density at radius 3 is 2.37 bits per heavy atom. The van der Waals surface area contributed by atoms with Gasteiger partial charge >= 0.3 is 11.9 Å². The molecule has 0 aliphatic rings. The van der Waals surface area contributed by atoms with Crippen LogP contribution in [0.1, 0.15) is 27.0 Å². The number of likely N-dealkylation sites (N-methyl/N-ethyl adjacent to an activating group) is 1. The number of carbonyl (C=O) groups excluding carboxylic acids is 1. The van der Waals surface area contributed by atoms with E-state index in [0.29, 0.717) is 40.0 Å². The number of benzene rings is 3. The minimum absolute atomic E-state index is 0.0460. The summed E-state index contributed by atoms with van der Waals surface area (Å²) in [7, 11) is 3.07. The van der Waals surface area contributed by atoms with Crippen molar-refractivity contribution in [3.8, 4) is 5.88 Å². The number of fused-ring (bicyclic) bond motifs is 1. The summed E-state index contributed by atoms with van der Waals surface area (Å²) in [5.74, 6) is -1.40. The molecule has 8 nitrogen and oxygen atoms in total. The number of H-pyrrole nitrogens is 1. The Kier molecular flexibility index (Phi) is 6.93. The van der Waals surface area contributed by atoms with E-state index in [1.165, 1.54) is 7.11 Å². The zero-order valence-corrected chi connectivity index (χ0v) is 19.4. The van der Waals surface area contributed by atoms with Gasteiger partial charge in [0.05, 0.1) is 36.2 Å². The summed E-state index contributed by atoms with van der Waals surface area (Å²) in [6, 6.07) is 22.1. The van der Waals surface area contributed by atoms with Gasteiger partial charge in [0, 0.05) is 23.0 Å². The molecule has 0 spiro atoms. The van der Waals surface area contributed by atoms with Gasteiger partial charge in [-0.25, -0.2) is 9.79 Å². The fourth-order valence-electron chi connectivity index (χ4n) is 3.93. The average molecular weight is 472 g/mol. The van der Waals surface area contributed by atoms with E-state index < -0.39 is 11.9 Å². The van der Waals surface area contributed by atoms with Gasteiger partial charge in [-0.1, -0.05) is 48.5 Å². The third-order valence-corrected chi connectivity index (χ3v) is 5.52. The van der Waals surface area contributed by atoms with Crippen molar-refractivity contribution >= 4 is 34.2 Å². The highest BCUT2D eigenvalue weighted by molar-refractivity contribution is 6.22. The van der Waals surface area contributed by atoms with Gasteiger partial charge in [-0.3, -0.25) is 9.69 Å². The SMILES string of the molecule is COC(=O)c1ccc2c(C(=Nc3ccc(CN(C)CC(=O)O)cc3)c3ccccc3)c(O)[nH]c2c1. The first-order valence-corrected chi connectivity index (χ1v) is 10.9. The number of nitrogens with one attached hydrogen (secondary N) is 1. The summed E-state index contributed by atoms with van der Waals surface area (Å²) in [4.78, 5) is 32.4. The van der Waals surface area contributed by atoms with Gasteiger partial charge in [0.25, 0.3) is 0 Å². The normalized spacial score (nSPS) is 11.7. The van der Waals surface area contributed by atoms with Gasteiger partial charge in [0.2, 0.25) is 0 Å². The summed E-state index contributed by atoms with van der Waals surface area (Å²) in [5, 5.41) is 20.5. The smallest absolute Gasteiger partial charge is 0.337 e. The molecule has 8 heteroatoms. The van der Waals surface area contributed by atoms with Gasteiger partial charge in [0.15, 0.2) is 5.88 Å². The molecule has 1 aromatic heterocycles. The standard InChI is InChI=1S/C27H25N3O5/c1-30(16-23(31)32)15-17-8-11-20(12-9-17)28-25(18-6-4-3-5-7-18)24-21-13-10-19(27(34)35-2)14-22(21)29-26(24)33/h3-14,29,33H,15-16H2,1-2H3,(H,31,32). The zero-order chi connectivity index (χ0) is 24.9. The van der Waals surface area contributed by atoms with E-state index in [1.807, 2.05) is 54.6 Å². The number of esters is 1. The van der Waals surface area contributed by atoms with Crippen LogP contribution in [-0.2, 0) is 16.1 Å². The molecule has 1 heterocycles. The number of carbonyl (C=O) groups is 2. The molecule has 4 aromatic rings. The number of aromatic nitrogens is 1. The molecule has 3 aromatic carbocycles. The molecule has 0 saturated heterocycles. The number of aliphatic carboxylic acids is 1. The summed E-state index contributed by atoms with van der Waals surface area (Å²) in [6.07, 6.45) is 0. The number of aliphatic imine (C=N–C) groups is 1. The molecule has 0 unspecified atom stereocenters. The fraction of sp³-hybridized carbons (Fsp3) is 0.148. The molecule has 178 valence electrons. The van der Waals surface area contributed by atoms with Crippen LogP contribution in [0.4, 0.5) is 5.69 Å². The number of hydrogen-bond donors (Lipinski definition) is 3. The van der Waals surface area contributed by atoms with Gasteiger partial charge in [-0.2, -0.15) is 0 Å². The second kappa shape index (κ2) is 10.2. The van der Waals surface area contributed by atoms with E-state index in [-0.39, 0.29) is 12.4 Å². The Hall–Kier alpha value is -4.43. The van der Waals surface area contributed by atoms with Gasteiger partial charge < -0.3 is 19.9 Å². The number of carboxylic acids is 1. The topological polar surface area (TPSA) is 115 Å². The van der Waals surface area contributed by atoms with Crippen LogP contribution >= 0.6 is 0 Å². The Morgan fingerprint density at radius 2 is 1.71 bits per heavy atom. The number of aromatic amines is 1. The second-order valence-corrected chi connectivity index (χ2v) is 8.16. The highest BCUT2D eigenvalue weighted by atomic mass is 16.5. The van der Waals surface area contributed by atoms with Crippen LogP contribution in [0.25, 0.3) is 10.9 Å². The Bertz CT molecular complexity index is 1390. The molecular weight excluding hydrogens is 446 g/mol. The fourth-order valence-corrected chi connectivity index (χ4v) is 3.93. The molecule has 0 fully saturated rings. The molecule has 0 aliphatic carbocycles. The molecule has 0 saturated carbocycles. The number of methoxy groups -OCH3 is 1. The average Bonchev–Trinajstić information content (AvgIpc) is 3.17. The quantitative estimate of drug-likeness (QED) is 0.260. The number of ether oxygens (including phenoxy) is 1. The van der Waals surface area contributed by atoms with Crippen molar-refractivity contribution in [3.63, 3.8) is 0 Å². The van der Waals surface area contributed by atoms with E-state index in [4.69, 9.17) is 14.8 Å². The van der Waals surface area contributed by atoms with Gasteiger partial charge in [0.1, 0.15) is 0 Å². The second-order valence-electron chi connectivity index (χ2n) is 8.16. The number of nitrogens with zero attached hydrogens (tertiary/aromatic N) is 2. The molecule has 3 N–H and O–H groups in total. The van der Waals surface area contributed by atoms with Crippen LogP contribution < -0.4 is 0 Å². The summed E-state index contributed by atoms with van der Waals surface area (Å²) >= 11 is 0. The first kappa shape index (κ1) is 23.7. The van der Waals surface area contributed by atoms with E-state index in [1.54, 1.807) is 30.1 Å². The van der Waals surface area contributed by atoms with Crippen molar-refractivity contribution in [2.24, 2.45) is 4.99 Å². The third kappa shape index (κ3) is 5.39. The maximum absolute atomic E-state index is 11.9. The number of carboxylic acid groups (broad SMARTS) is 1. The largest absolute Gasteiger partial charge is 0.494 e. The van der Waals surface area contributed by atoms with Crippen molar-refractivity contribution < 1.29 is 24.5 Å². The Balaban J connectivity index is 1.75. The van der Waals surface area contributed by atoms with Crippen molar-refractivity contribution in [3.05, 3.63) is 95.1 Å². The van der Waals surface area contributed by atoms with Crippen LogP contribution in [-0.4, -0.2) is 58.4 Å². The molecule has 0 amide bonds. The highest BCUT2D eigenvalue weighted by Gasteiger charge is 2.20. The first-order chi connectivity index (χ1) is 16.9. The number of aromatic hydroxyl groups is 1. The van der Waals surface area contributed by atoms with Gasteiger partial charge in [-0.15, -0.1) is 0 Å². The summed E-state index contributed by atoms with van der Waals surface area (Å²) in [5.41, 5.74) is 4.48. The molecule has 35 heavy (non-hydrogen) atoms. The maximum Gasteiger partial charge on any atom is 0.337 e. The predicted octanol–water partition coefficient (Wildman–Crippen LogP) is 4.35. The first-order valence-electron chi connectivity index (χ1n) is 10.9. The van der Waals surface area contributed by atoms with E-state index in [0.717, 1.165) is 11.1 Å². The lowest BCUT2D eigenvalue weighted by molar-refractivity contribution is -0.138. The number of hydrogen-bond acceptors (Lipinski definition) is 6. The maximum atomic E-state index is 11.9. The molecular formula is C27H25N3O5. The molecule has 0 bridgehead atoms. The number of rotatable bonds is 8. The van der Waals surface area contributed by atoms with Crippen molar-refractivity contribution in [2.45, 2.75) is 6.54 Å². The van der Waals surface area contributed by atoms with Crippen LogP contribution in [0, 0.1) is 0 Å². The molecule has 0 radical (unpaired) electrons. The van der Waals surface area contributed by atoms with E-state index >= 15 is 0 Å². The van der Waals surface area contributed by atoms with Crippen LogP contribution in [0.3, 0.4) is 0 Å². The summed E-state index contributed by atoms with van der Waals surface area (Å²) < 4.78 is 4.80. The Morgan fingerprint density at radius 1 is 1.00 bits per heavy atom. The predicted molar refractivity (Wildman–Crippen MR) is 133 cm³/mol. The summed E-state index contributed by atoms with van der Waals surface area (Å²) in [6.45, 7) is 0.448. The van der Waals surface area contributed by atoms with E-state index in [9.17, 15) is 14.7 Å². The minimum atomic E-state index is -0.876. The third-order valence-electron chi connectivity index (χ3n) is 5.52. The minimum Gasteiger partial charge on any atom is -0.494 e. The zero-order valence-electron chi connectivity index (χ0n) is 19.4. The lowest BCUT2D eigenvalue weighted by atomic mass is 10.00.